The first-order valence-corrected chi connectivity index (χ1v) is 6.62. The van der Waals surface area contributed by atoms with Crippen LogP contribution in [-0.4, -0.2) is 10.9 Å². The summed E-state index contributed by atoms with van der Waals surface area (Å²) in [6.07, 6.45) is 0.783. The van der Waals surface area contributed by atoms with Gasteiger partial charge in [0, 0.05) is 10.2 Å². The van der Waals surface area contributed by atoms with Crippen molar-refractivity contribution in [3.63, 3.8) is 0 Å². The van der Waals surface area contributed by atoms with Crippen molar-refractivity contribution in [2.24, 2.45) is 0 Å². The average molecular weight is 323 g/mol. The zero-order chi connectivity index (χ0) is 13.8. The van der Waals surface area contributed by atoms with Crippen molar-refractivity contribution in [1.29, 1.82) is 0 Å². The number of aryl methyl sites for hydroxylation is 1. The van der Waals surface area contributed by atoms with E-state index in [1.54, 1.807) is 6.07 Å². The predicted molar refractivity (Wildman–Crippen MR) is 75.7 cm³/mol. The summed E-state index contributed by atoms with van der Waals surface area (Å²) >= 11 is 3.38. The monoisotopic (exact) mass is 322 g/mol. The molecule has 0 spiro atoms. The van der Waals surface area contributed by atoms with Crippen molar-refractivity contribution < 1.29 is 9.18 Å². The first-order valence-electron chi connectivity index (χ1n) is 5.82. The highest BCUT2D eigenvalue weighted by Gasteiger charge is 2.10. The molecule has 1 N–H and O–H groups in total. The number of carbonyl (C=O) groups excluding carboxylic acids is 1. The molecule has 5 heteroatoms. The Morgan fingerprint density at radius 3 is 2.84 bits per heavy atom. The second-order valence-corrected chi connectivity index (χ2v) is 4.87. The summed E-state index contributed by atoms with van der Waals surface area (Å²) in [6.45, 7) is 2.00. The lowest BCUT2D eigenvalue weighted by molar-refractivity contribution is 0.102. The van der Waals surface area contributed by atoms with Crippen LogP contribution in [0.1, 0.15) is 23.0 Å². The van der Waals surface area contributed by atoms with Crippen molar-refractivity contribution in [3.8, 4) is 0 Å². The lowest BCUT2D eigenvalue weighted by Gasteiger charge is -2.10. The van der Waals surface area contributed by atoms with E-state index in [4.69, 9.17) is 0 Å². The van der Waals surface area contributed by atoms with Gasteiger partial charge in [0.15, 0.2) is 0 Å². The number of hydrogen-bond donors (Lipinski definition) is 1. The van der Waals surface area contributed by atoms with Gasteiger partial charge in [-0.1, -0.05) is 28.9 Å². The smallest absolute Gasteiger partial charge is 0.274 e. The number of carbonyl (C=O) groups is 1. The number of nitrogens with zero attached hydrogens (tertiary/aromatic N) is 1. The largest absolute Gasteiger partial charge is 0.320 e. The van der Waals surface area contributed by atoms with Crippen LogP contribution < -0.4 is 5.32 Å². The molecule has 2 aromatic rings. The van der Waals surface area contributed by atoms with E-state index in [0.717, 1.165) is 16.5 Å². The summed E-state index contributed by atoms with van der Waals surface area (Å²) in [4.78, 5) is 15.5. The van der Waals surface area contributed by atoms with Gasteiger partial charge in [-0.25, -0.2) is 4.98 Å². The quantitative estimate of drug-likeness (QED) is 0.873. The topological polar surface area (TPSA) is 42.0 Å². The highest BCUT2D eigenvalue weighted by atomic mass is 79.9. The number of rotatable bonds is 3. The van der Waals surface area contributed by atoms with Crippen LogP contribution in [0.2, 0.25) is 0 Å². The molecular formula is C14H12BrFN2O. The molecule has 0 aliphatic rings. The Kier molecular flexibility index (Phi) is 4.27. The van der Waals surface area contributed by atoms with Crippen LogP contribution in [0.3, 0.4) is 0 Å². The zero-order valence-corrected chi connectivity index (χ0v) is 11.9. The van der Waals surface area contributed by atoms with E-state index < -0.39 is 11.9 Å². The number of nitrogens with one attached hydrogen (secondary N) is 1. The zero-order valence-electron chi connectivity index (χ0n) is 10.3. The molecule has 1 heterocycles. The lowest BCUT2D eigenvalue weighted by atomic mass is 10.1. The number of anilines is 1. The van der Waals surface area contributed by atoms with E-state index >= 15 is 0 Å². The standard InChI is InChI=1S/C14H12BrFN2O/c1-2-9-8-10(15)6-7-11(9)18-14(19)12-4-3-5-13(16)17-12/h3-8H,2H2,1H3,(H,18,19). The molecule has 19 heavy (non-hydrogen) atoms. The van der Waals surface area contributed by atoms with Crippen molar-refractivity contribution in [3.05, 3.63) is 58.1 Å². The van der Waals surface area contributed by atoms with Crippen LogP contribution in [0, 0.1) is 5.95 Å². The highest BCUT2D eigenvalue weighted by molar-refractivity contribution is 9.10. The molecule has 1 aromatic heterocycles. The lowest BCUT2D eigenvalue weighted by Crippen LogP contribution is -2.15. The number of pyridine rings is 1. The average Bonchev–Trinajstić information content (AvgIpc) is 2.40. The molecule has 0 saturated heterocycles. The van der Waals surface area contributed by atoms with Gasteiger partial charge in [0.25, 0.3) is 5.91 Å². The molecular weight excluding hydrogens is 311 g/mol. The summed E-state index contributed by atoms with van der Waals surface area (Å²) in [5.74, 6) is -1.09. The van der Waals surface area contributed by atoms with Crippen molar-refractivity contribution in [2.75, 3.05) is 5.32 Å². The van der Waals surface area contributed by atoms with E-state index in [1.165, 1.54) is 18.2 Å². The van der Waals surface area contributed by atoms with Gasteiger partial charge < -0.3 is 5.32 Å². The minimum Gasteiger partial charge on any atom is -0.320 e. The number of aromatic nitrogens is 1. The van der Waals surface area contributed by atoms with Gasteiger partial charge in [0.1, 0.15) is 5.69 Å². The van der Waals surface area contributed by atoms with E-state index in [2.05, 4.69) is 26.2 Å². The van der Waals surface area contributed by atoms with E-state index in [1.807, 2.05) is 19.1 Å². The minimum atomic E-state index is -0.667. The van der Waals surface area contributed by atoms with Crippen LogP contribution in [0.4, 0.5) is 10.1 Å². The van der Waals surface area contributed by atoms with Gasteiger partial charge >= 0.3 is 0 Å². The van der Waals surface area contributed by atoms with Crippen LogP contribution in [-0.2, 0) is 6.42 Å². The van der Waals surface area contributed by atoms with Gasteiger partial charge in [-0.3, -0.25) is 4.79 Å². The number of halogens is 2. The van der Waals surface area contributed by atoms with Crippen molar-refractivity contribution in [2.45, 2.75) is 13.3 Å². The van der Waals surface area contributed by atoms with Crippen molar-refractivity contribution in [1.82, 2.24) is 4.98 Å². The van der Waals surface area contributed by atoms with Crippen LogP contribution in [0.5, 0.6) is 0 Å². The van der Waals surface area contributed by atoms with Crippen LogP contribution in [0.15, 0.2) is 40.9 Å². The molecule has 0 unspecified atom stereocenters. The fourth-order valence-electron chi connectivity index (χ4n) is 1.70. The fraction of sp³-hybridized carbons (Fsp3) is 0.143. The minimum absolute atomic E-state index is 0.0602. The molecule has 0 aliphatic heterocycles. The Balaban J connectivity index is 2.24. The summed E-state index contributed by atoms with van der Waals surface area (Å²) in [5.41, 5.74) is 1.77. The molecule has 1 amide bonds. The van der Waals surface area contributed by atoms with E-state index in [-0.39, 0.29) is 5.69 Å². The molecule has 0 bridgehead atoms. The Labute approximate surface area is 119 Å². The molecule has 98 valence electrons. The molecule has 0 fully saturated rings. The number of hydrogen-bond acceptors (Lipinski definition) is 2. The summed E-state index contributed by atoms with van der Waals surface area (Å²) in [7, 11) is 0. The third-order valence-corrected chi connectivity index (χ3v) is 3.14. The third kappa shape index (κ3) is 3.38. The van der Waals surface area contributed by atoms with Crippen LogP contribution >= 0.6 is 15.9 Å². The number of amides is 1. The van der Waals surface area contributed by atoms with Gasteiger partial charge in [-0.2, -0.15) is 4.39 Å². The van der Waals surface area contributed by atoms with Gasteiger partial charge in [-0.05, 0) is 42.3 Å². The molecule has 0 aliphatic carbocycles. The molecule has 2 rings (SSSR count). The third-order valence-electron chi connectivity index (χ3n) is 2.64. The Bertz CT molecular complexity index is 616. The first-order chi connectivity index (χ1) is 9.10. The molecule has 0 saturated carbocycles. The Morgan fingerprint density at radius 2 is 2.16 bits per heavy atom. The van der Waals surface area contributed by atoms with Crippen LogP contribution in [0.25, 0.3) is 0 Å². The van der Waals surface area contributed by atoms with Gasteiger partial charge in [0.05, 0.1) is 0 Å². The van der Waals surface area contributed by atoms with Crippen molar-refractivity contribution >= 4 is 27.5 Å². The SMILES string of the molecule is CCc1cc(Br)ccc1NC(=O)c1cccc(F)n1. The van der Waals surface area contributed by atoms with E-state index in [0.29, 0.717) is 5.69 Å². The predicted octanol–water partition coefficient (Wildman–Crippen LogP) is 3.80. The Morgan fingerprint density at radius 1 is 1.37 bits per heavy atom. The summed E-state index contributed by atoms with van der Waals surface area (Å²) < 4.78 is 13.9. The maximum Gasteiger partial charge on any atom is 0.274 e. The highest BCUT2D eigenvalue weighted by Crippen LogP contribution is 2.22. The van der Waals surface area contributed by atoms with Gasteiger partial charge in [0.2, 0.25) is 5.95 Å². The molecule has 1 aromatic carbocycles. The second-order valence-electron chi connectivity index (χ2n) is 3.95. The summed E-state index contributed by atoms with van der Waals surface area (Å²) in [5, 5.41) is 2.74. The first kappa shape index (κ1) is 13.7. The van der Waals surface area contributed by atoms with Gasteiger partial charge in [-0.15, -0.1) is 0 Å². The molecule has 3 nitrogen and oxygen atoms in total. The summed E-state index contributed by atoms with van der Waals surface area (Å²) in [6, 6.07) is 9.72. The molecule has 0 atom stereocenters. The maximum atomic E-state index is 13.0. The second kappa shape index (κ2) is 5.93. The fourth-order valence-corrected chi connectivity index (χ4v) is 2.11. The van der Waals surface area contributed by atoms with E-state index in [9.17, 15) is 9.18 Å². The number of benzene rings is 1. The normalized spacial score (nSPS) is 10.3. The molecule has 0 radical (unpaired) electrons. The maximum absolute atomic E-state index is 13.0. The Hall–Kier alpha value is -1.75.